The van der Waals surface area contributed by atoms with E-state index in [1.165, 1.54) is 50.6 Å². The van der Waals surface area contributed by atoms with E-state index >= 15 is 0 Å². The smallest absolute Gasteiger partial charge is 0.337 e. The van der Waals surface area contributed by atoms with Crippen molar-refractivity contribution in [2.75, 3.05) is 19.5 Å². The molecule has 2 aromatic rings. The number of carboxylic acids is 1. The summed E-state index contributed by atoms with van der Waals surface area (Å²) in [5.41, 5.74) is 0.189. The second-order valence-corrected chi connectivity index (χ2v) is 5.23. The molecule has 0 heterocycles. The number of amides is 1. The van der Waals surface area contributed by atoms with Gasteiger partial charge in [-0.1, -0.05) is 12.1 Å². The Bertz CT molecular complexity index is 922. The number of carbonyl (C=O) groups excluding carboxylic acids is 1. The van der Waals surface area contributed by atoms with Gasteiger partial charge in [0.2, 0.25) is 5.91 Å². The van der Waals surface area contributed by atoms with E-state index in [-0.39, 0.29) is 28.4 Å². The molecule has 0 spiro atoms. The normalized spacial score (nSPS) is 10.4. The Hall–Kier alpha value is -3.88. The van der Waals surface area contributed by atoms with E-state index in [0.717, 1.165) is 6.08 Å². The maximum Gasteiger partial charge on any atom is 0.337 e. The zero-order valence-electron chi connectivity index (χ0n) is 14.5. The summed E-state index contributed by atoms with van der Waals surface area (Å²) < 4.78 is 10.2. The van der Waals surface area contributed by atoms with Crippen molar-refractivity contribution in [1.82, 2.24) is 0 Å². The number of carbonyl (C=O) groups is 2. The number of nitrogens with one attached hydrogen (secondary N) is 1. The van der Waals surface area contributed by atoms with Crippen molar-refractivity contribution in [2.45, 2.75) is 0 Å². The molecule has 0 fully saturated rings. The lowest BCUT2D eigenvalue weighted by molar-refractivity contribution is -0.384. The molecule has 0 aliphatic rings. The van der Waals surface area contributed by atoms with E-state index in [9.17, 15) is 24.8 Å². The van der Waals surface area contributed by atoms with Gasteiger partial charge >= 0.3 is 5.97 Å². The molecule has 0 saturated heterocycles. The van der Waals surface area contributed by atoms with Gasteiger partial charge in [-0.25, -0.2) is 4.79 Å². The van der Waals surface area contributed by atoms with Gasteiger partial charge in [-0.3, -0.25) is 14.9 Å². The van der Waals surface area contributed by atoms with Crippen LogP contribution in [0.1, 0.15) is 15.9 Å². The Balaban J connectivity index is 2.25. The van der Waals surface area contributed by atoms with Crippen molar-refractivity contribution in [3.05, 3.63) is 63.7 Å². The van der Waals surface area contributed by atoms with Crippen molar-refractivity contribution in [3.63, 3.8) is 0 Å². The predicted molar refractivity (Wildman–Crippen MR) is 97.3 cm³/mol. The Labute approximate surface area is 154 Å². The number of anilines is 1. The first-order chi connectivity index (χ1) is 12.8. The van der Waals surface area contributed by atoms with Gasteiger partial charge in [-0.15, -0.1) is 0 Å². The summed E-state index contributed by atoms with van der Waals surface area (Å²) in [5, 5.41) is 22.5. The number of non-ortho nitro benzene ring substituents is 1. The molecule has 0 unspecified atom stereocenters. The quantitative estimate of drug-likeness (QED) is 0.434. The van der Waals surface area contributed by atoms with Crippen molar-refractivity contribution in [1.29, 1.82) is 0 Å². The minimum atomic E-state index is -1.26. The molecule has 2 rings (SSSR count). The van der Waals surface area contributed by atoms with Crippen LogP contribution in [0.5, 0.6) is 11.5 Å². The molecule has 1 amide bonds. The fraction of sp³-hybridized carbons (Fsp3) is 0.111. The van der Waals surface area contributed by atoms with Crippen LogP contribution in [0, 0.1) is 10.1 Å². The number of ether oxygens (including phenoxy) is 2. The van der Waals surface area contributed by atoms with Gasteiger partial charge in [0.1, 0.15) is 0 Å². The SMILES string of the molecule is COc1cc(NC(=O)/C=C/c2cccc([N+](=O)[O-])c2)c(C(=O)O)cc1OC. The average Bonchev–Trinajstić information content (AvgIpc) is 2.65. The summed E-state index contributed by atoms with van der Waals surface area (Å²) in [6, 6.07) is 8.30. The topological polar surface area (TPSA) is 128 Å². The number of methoxy groups -OCH3 is 2. The van der Waals surface area contributed by atoms with Crippen LogP contribution in [0.2, 0.25) is 0 Å². The predicted octanol–water partition coefficient (Wildman–Crippen LogP) is 2.96. The lowest BCUT2D eigenvalue weighted by Crippen LogP contribution is -2.12. The van der Waals surface area contributed by atoms with Gasteiger partial charge in [0.25, 0.3) is 5.69 Å². The van der Waals surface area contributed by atoms with Crippen molar-refractivity contribution in [3.8, 4) is 11.5 Å². The van der Waals surface area contributed by atoms with Crippen LogP contribution in [0.4, 0.5) is 11.4 Å². The molecule has 2 N–H and O–H groups in total. The number of carboxylic acid groups (broad SMARTS) is 1. The Kier molecular flexibility index (Phi) is 6.10. The molecule has 0 aliphatic heterocycles. The molecule has 9 heteroatoms. The van der Waals surface area contributed by atoms with E-state index < -0.39 is 16.8 Å². The summed E-state index contributed by atoms with van der Waals surface area (Å²) in [5.74, 6) is -1.41. The summed E-state index contributed by atoms with van der Waals surface area (Å²) in [6.45, 7) is 0. The van der Waals surface area contributed by atoms with Gasteiger partial charge in [-0.05, 0) is 11.6 Å². The zero-order chi connectivity index (χ0) is 20.0. The molecule has 0 aromatic heterocycles. The maximum absolute atomic E-state index is 12.1. The number of rotatable bonds is 7. The van der Waals surface area contributed by atoms with Crippen LogP contribution in [-0.4, -0.2) is 36.1 Å². The molecule has 140 valence electrons. The highest BCUT2D eigenvalue weighted by atomic mass is 16.6. The first-order valence-corrected chi connectivity index (χ1v) is 7.58. The minimum Gasteiger partial charge on any atom is -0.493 e. The Morgan fingerprint density at radius 1 is 1.15 bits per heavy atom. The Morgan fingerprint density at radius 3 is 2.41 bits per heavy atom. The van der Waals surface area contributed by atoms with E-state index in [4.69, 9.17) is 9.47 Å². The van der Waals surface area contributed by atoms with Crippen LogP contribution >= 0.6 is 0 Å². The largest absolute Gasteiger partial charge is 0.493 e. The number of aromatic carboxylic acids is 1. The summed E-state index contributed by atoms with van der Waals surface area (Å²) >= 11 is 0. The average molecular weight is 372 g/mol. The molecule has 9 nitrogen and oxygen atoms in total. The number of nitrogens with zero attached hydrogens (tertiary/aromatic N) is 1. The molecule has 0 atom stereocenters. The number of hydrogen-bond acceptors (Lipinski definition) is 6. The summed E-state index contributed by atoms with van der Waals surface area (Å²) in [7, 11) is 2.75. The molecule has 0 bridgehead atoms. The highest BCUT2D eigenvalue weighted by molar-refractivity contribution is 6.06. The van der Waals surface area contributed by atoms with E-state index in [2.05, 4.69) is 5.32 Å². The summed E-state index contributed by atoms with van der Waals surface area (Å²) in [6.07, 6.45) is 2.52. The van der Waals surface area contributed by atoms with E-state index in [0.29, 0.717) is 5.56 Å². The molecule has 2 aromatic carbocycles. The van der Waals surface area contributed by atoms with Crippen LogP contribution in [-0.2, 0) is 4.79 Å². The highest BCUT2D eigenvalue weighted by Crippen LogP contribution is 2.33. The van der Waals surface area contributed by atoms with Gasteiger partial charge in [0.05, 0.1) is 30.4 Å². The van der Waals surface area contributed by atoms with Crippen molar-refractivity contribution < 1.29 is 29.1 Å². The molecule has 0 radical (unpaired) electrons. The Morgan fingerprint density at radius 2 is 1.81 bits per heavy atom. The third kappa shape index (κ3) is 4.82. The molecule has 0 saturated carbocycles. The molecule has 0 aliphatic carbocycles. The fourth-order valence-corrected chi connectivity index (χ4v) is 2.25. The first-order valence-electron chi connectivity index (χ1n) is 7.58. The van der Waals surface area contributed by atoms with Gasteiger partial charge in [-0.2, -0.15) is 0 Å². The number of hydrogen-bond donors (Lipinski definition) is 2. The standard InChI is InChI=1S/C18H16N2O7/c1-26-15-9-13(18(22)23)14(10-16(15)27-2)19-17(21)7-6-11-4-3-5-12(8-11)20(24)25/h3-10H,1-2H3,(H,19,21)(H,22,23)/b7-6+. The third-order valence-corrected chi connectivity index (χ3v) is 3.52. The van der Waals surface area contributed by atoms with Crippen molar-refractivity contribution >= 4 is 29.3 Å². The minimum absolute atomic E-state index is 0.0221. The number of benzene rings is 2. The maximum atomic E-state index is 12.1. The zero-order valence-corrected chi connectivity index (χ0v) is 14.5. The first kappa shape index (κ1) is 19.4. The summed E-state index contributed by atoms with van der Waals surface area (Å²) in [4.78, 5) is 33.8. The lowest BCUT2D eigenvalue weighted by atomic mass is 10.1. The van der Waals surface area contributed by atoms with Crippen LogP contribution in [0.15, 0.2) is 42.5 Å². The van der Waals surface area contributed by atoms with E-state index in [1.807, 2.05) is 0 Å². The highest BCUT2D eigenvalue weighted by Gasteiger charge is 2.17. The van der Waals surface area contributed by atoms with Crippen LogP contribution in [0.25, 0.3) is 6.08 Å². The van der Waals surface area contributed by atoms with Crippen LogP contribution in [0.3, 0.4) is 0 Å². The van der Waals surface area contributed by atoms with Crippen molar-refractivity contribution in [2.24, 2.45) is 0 Å². The molecular weight excluding hydrogens is 356 g/mol. The number of nitro benzene ring substituents is 1. The number of nitro groups is 1. The second kappa shape index (κ2) is 8.48. The van der Waals surface area contributed by atoms with E-state index in [1.54, 1.807) is 6.07 Å². The third-order valence-electron chi connectivity index (χ3n) is 3.52. The van der Waals surface area contributed by atoms with Gasteiger partial charge in [0.15, 0.2) is 11.5 Å². The van der Waals surface area contributed by atoms with Gasteiger partial charge in [0, 0.05) is 30.3 Å². The lowest BCUT2D eigenvalue weighted by Gasteiger charge is -2.13. The van der Waals surface area contributed by atoms with Gasteiger partial charge < -0.3 is 19.9 Å². The second-order valence-electron chi connectivity index (χ2n) is 5.23. The molecular formula is C18H16N2O7. The van der Waals surface area contributed by atoms with Crippen LogP contribution < -0.4 is 14.8 Å². The fourth-order valence-electron chi connectivity index (χ4n) is 2.25. The molecule has 27 heavy (non-hydrogen) atoms. The monoisotopic (exact) mass is 372 g/mol.